The number of rotatable bonds is 0. The molecule has 11 unspecified atom stereocenters. The molecule has 0 amide bonds. The van der Waals surface area contributed by atoms with Gasteiger partial charge in [-0.15, -0.1) is 17.2 Å². The summed E-state index contributed by atoms with van der Waals surface area (Å²) in [6, 6.07) is 0. The van der Waals surface area contributed by atoms with Crippen LogP contribution < -0.4 is 0 Å². The Morgan fingerprint density at radius 3 is 1.92 bits per heavy atom. The standard InChI is InChI=1S/C22H40P2/c1-14-5-7-20-16(3)11-18(9-14)13-22(23-20)19-10-15(2)6-8-21(24-22)17(4)12-19/h14-21,23-24H,5-13H2,1-4H3. The third kappa shape index (κ3) is 3.50. The molecule has 0 radical (unpaired) electrons. The molecular formula is C22H40P2. The number of fused-ring (bicyclic) bond motifs is 7. The second-order valence-corrected chi connectivity index (χ2v) is 14.8. The van der Waals surface area contributed by atoms with Crippen molar-refractivity contribution in [3.05, 3.63) is 0 Å². The number of hydrogen-bond donors (Lipinski definition) is 0. The summed E-state index contributed by atoms with van der Waals surface area (Å²) in [5, 5.41) is 0. The molecule has 3 saturated heterocycles. The van der Waals surface area contributed by atoms with E-state index in [0.29, 0.717) is 0 Å². The lowest BCUT2D eigenvalue weighted by Crippen LogP contribution is -2.43. The van der Waals surface area contributed by atoms with E-state index in [1.54, 1.807) is 44.9 Å². The van der Waals surface area contributed by atoms with Gasteiger partial charge in [0.25, 0.3) is 0 Å². The van der Waals surface area contributed by atoms with E-state index >= 15 is 0 Å². The molecule has 3 heterocycles. The molecule has 3 aliphatic heterocycles. The Labute approximate surface area is 154 Å². The smallest absolute Gasteiger partial charge is 0.00859 e. The molecule has 138 valence electrons. The van der Waals surface area contributed by atoms with Crippen LogP contribution >= 0.6 is 17.2 Å². The summed E-state index contributed by atoms with van der Waals surface area (Å²) in [6.07, 6.45) is 14.1. The maximum Gasteiger partial charge on any atom is 0.00859 e. The highest BCUT2D eigenvalue weighted by molar-refractivity contribution is 7.60. The van der Waals surface area contributed by atoms with Gasteiger partial charge < -0.3 is 0 Å². The second kappa shape index (κ2) is 7.12. The Morgan fingerprint density at radius 2 is 1.25 bits per heavy atom. The Bertz CT molecular complexity index is 447. The third-order valence-corrected chi connectivity index (χ3v) is 13.9. The fourth-order valence-corrected chi connectivity index (χ4v) is 12.9. The quantitative estimate of drug-likeness (QED) is 0.400. The summed E-state index contributed by atoms with van der Waals surface area (Å²) in [4.78, 5) is 0.802. The molecule has 0 N–H and O–H groups in total. The highest BCUT2D eigenvalue weighted by Gasteiger charge is 2.51. The largest absolute Gasteiger partial charge is 0.108 e. The average Bonchev–Trinajstić information content (AvgIpc) is 2.58. The molecule has 0 nitrogen and oxygen atoms in total. The van der Waals surface area contributed by atoms with E-state index < -0.39 is 0 Å². The minimum Gasteiger partial charge on any atom is -0.108 e. The van der Waals surface area contributed by atoms with Crippen LogP contribution in [0.2, 0.25) is 0 Å². The van der Waals surface area contributed by atoms with Gasteiger partial charge in [0.1, 0.15) is 0 Å². The van der Waals surface area contributed by atoms with E-state index in [4.69, 9.17) is 0 Å². The predicted octanol–water partition coefficient (Wildman–Crippen LogP) is 7.12. The summed E-state index contributed by atoms with van der Waals surface area (Å²) >= 11 is 0. The van der Waals surface area contributed by atoms with E-state index in [0.717, 1.165) is 51.7 Å². The van der Waals surface area contributed by atoms with Crippen LogP contribution in [0.3, 0.4) is 0 Å². The lowest BCUT2D eigenvalue weighted by Gasteiger charge is -2.54. The second-order valence-electron chi connectivity index (χ2n) is 10.5. The third-order valence-electron chi connectivity index (χ3n) is 8.29. The normalized spacial score (nSPS) is 57.5. The molecule has 4 bridgehead atoms. The average molecular weight is 367 g/mol. The first-order valence-electron chi connectivity index (χ1n) is 11.0. The first-order valence-corrected chi connectivity index (χ1v) is 13.2. The van der Waals surface area contributed by atoms with E-state index in [1.165, 1.54) is 30.0 Å². The van der Waals surface area contributed by atoms with E-state index in [9.17, 15) is 0 Å². The molecule has 0 aromatic heterocycles. The summed E-state index contributed by atoms with van der Waals surface area (Å²) in [6.45, 7) is 10.3. The zero-order chi connectivity index (χ0) is 16.9. The van der Waals surface area contributed by atoms with E-state index in [1.807, 2.05) is 0 Å². The zero-order valence-corrected chi connectivity index (χ0v) is 18.5. The Balaban J connectivity index is 1.67. The van der Waals surface area contributed by atoms with Crippen molar-refractivity contribution < 1.29 is 0 Å². The molecule has 2 heteroatoms. The molecule has 24 heavy (non-hydrogen) atoms. The van der Waals surface area contributed by atoms with Crippen LogP contribution in [-0.4, -0.2) is 16.2 Å². The molecule has 0 aromatic carbocycles. The summed E-state index contributed by atoms with van der Waals surface area (Å²) in [5.74, 6) is 6.18. The SMILES string of the molecule is CC1CCC2PC3(CC(C1)CC2C)PC1CCC(C)CC3CC1C. The Morgan fingerprint density at radius 1 is 0.667 bits per heavy atom. The summed E-state index contributed by atoms with van der Waals surface area (Å²) in [5.41, 5.74) is 2.17. The highest BCUT2D eigenvalue weighted by atomic mass is 31.1. The van der Waals surface area contributed by atoms with Crippen LogP contribution in [0.5, 0.6) is 0 Å². The van der Waals surface area contributed by atoms with Crippen molar-refractivity contribution in [3.63, 3.8) is 0 Å². The van der Waals surface area contributed by atoms with Crippen LogP contribution in [0.15, 0.2) is 0 Å². The molecule has 0 aromatic rings. The highest BCUT2D eigenvalue weighted by Crippen LogP contribution is 2.70. The number of hydrogen-bond acceptors (Lipinski definition) is 0. The summed E-state index contributed by atoms with van der Waals surface area (Å²) < 4.78 is 0. The van der Waals surface area contributed by atoms with Crippen molar-refractivity contribution >= 4 is 17.2 Å². The lowest BCUT2D eigenvalue weighted by atomic mass is 9.74. The van der Waals surface area contributed by atoms with Gasteiger partial charge in [0, 0.05) is 4.90 Å². The monoisotopic (exact) mass is 366 g/mol. The summed E-state index contributed by atoms with van der Waals surface area (Å²) in [7, 11) is 2.63. The van der Waals surface area contributed by atoms with Crippen molar-refractivity contribution in [3.8, 4) is 0 Å². The van der Waals surface area contributed by atoms with Crippen LogP contribution in [0.25, 0.3) is 0 Å². The van der Waals surface area contributed by atoms with Crippen molar-refractivity contribution in [2.75, 3.05) is 0 Å². The predicted molar refractivity (Wildman–Crippen MR) is 112 cm³/mol. The minimum absolute atomic E-state index is 0.802. The maximum atomic E-state index is 2.62. The van der Waals surface area contributed by atoms with Gasteiger partial charge in [-0.25, -0.2) is 0 Å². The van der Waals surface area contributed by atoms with Crippen molar-refractivity contribution in [1.29, 1.82) is 0 Å². The molecule has 5 fully saturated rings. The van der Waals surface area contributed by atoms with E-state index in [-0.39, 0.29) is 0 Å². The van der Waals surface area contributed by atoms with Gasteiger partial charge in [0.2, 0.25) is 0 Å². The van der Waals surface area contributed by atoms with Gasteiger partial charge in [-0.3, -0.25) is 0 Å². The molecule has 2 aliphatic carbocycles. The van der Waals surface area contributed by atoms with E-state index in [2.05, 4.69) is 27.7 Å². The Hall–Kier alpha value is 0.860. The minimum atomic E-state index is 0.802. The fraction of sp³-hybridized carbons (Fsp3) is 1.00. The zero-order valence-electron chi connectivity index (χ0n) is 16.5. The topological polar surface area (TPSA) is 0 Å². The molecule has 5 aliphatic rings. The lowest BCUT2D eigenvalue weighted by molar-refractivity contribution is 0.202. The van der Waals surface area contributed by atoms with Crippen molar-refractivity contribution in [2.24, 2.45) is 35.5 Å². The van der Waals surface area contributed by atoms with Gasteiger partial charge in [0.15, 0.2) is 0 Å². The fourth-order valence-electron chi connectivity index (χ4n) is 6.96. The van der Waals surface area contributed by atoms with Gasteiger partial charge in [-0.05, 0) is 91.8 Å². The van der Waals surface area contributed by atoms with Gasteiger partial charge in [-0.2, -0.15) is 0 Å². The van der Waals surface area contributed by atoms with Crippen molar-refractivity contribution in [1.82, 2.24) is 0 Å². The molecular weight excluding hydrogens is 326 g/mol. The first kappa shape index (κ1) is 18.2. The Kier molecular flexibility index (Phi) is 5.41. The van der Waals surface area contributed by atoms with Gasteiger partial charge in [0.05, 0.1) is 0 Å². The van der Waals surface area contributed by atoms with Crippen molar-refractivity contribution in [2.45, 2.75) is 102 Å². The van der Waals surface area contributed by atoms with Gasteiger partial charge >= 0.3 is 0 Å². The van der Waals surface area contributed by atoms with Gasteiger partial charge in [-0.1, -0.05) is 40.5 Å². The first-order chi connectivity index (χ1) is 11.4. The molecule has 2 saturated carbocycles. The molecule has 1 spiro atoms. The molecule has 5 rings (SSSR count). The molecule has 11 atom stereocenters. The van der Waals surface area contributed by atoms with Crippen LogP contribution in [0.4, 0.5) is 0 Å². The van der Waals surface area contributed by atoms with Crippen LogP contribution in [-0.2, 0) is 0 Å². The van der Waals surface area contributed by atoms with Crippen LogP contribution in [0.1, 0.15) is 85.5 Å². The maximum absolute atomic E-state index is 2.62. The van der Waals surface area contributed by atoms with Crippen LogP contribution in [0, 0.1) is 35.5 Å².